The van der Waals surface area contributed by atoms with Gasteiger partial charge in [-0.3, -0.25) is 19.6 Å². The highest BCUT2D eigenvalue weighted by Gasteiger charge is 2.21. The number of anilines is 1. The van der Waals surface area contributed by atoms with Gasteiger partial charge in [-0.15, -0.1) is 24.8 Å². The zero-order chi connectivity index (χ0) is 23.9. The molecule has 1 aromatic heterocycles. The molecule has 190 valence electrons. The molecule has 0 fully saturated rings. The summed E-state index contributed by atoms with van der Waals surface area (Å²) in [5.74, 6) is -0.398. The molecule has 7 nitrogen and oxygen atoms in total. The Morgan fingerprint density at radius 2 is 1.69 bits per heavy atom. The molecule has 1 aliphatic carbocycles. The number of amidine groups is 1. The number of carboxylic acids is 1. The van der Waals surface area contributed by atoms with Crippen molar-refractivity contribution in [2.45, 2.75) is 32.1 Å². The summed E-state index contributed by atoms with van der Waals surface area (Å²) in [4.78, 5) is 32.2. The van der Waals surface area contributed by atoms with Crippen molar-refractivity contribution < 1.29 is 14.7 Å². The molecular weight excluding hydrogens is 499 g/mol. The zero-order valence-electron chi connectivity index (χ0n) is 19.7. The second kappa shape index (κ2) is 13.6. The SMILES string of the molecule is Cl.Cl.NC(=NCCc1ccncc1)c1ccc(C(=O)Nc2ccc3c(c2)CC(CC(=O)O)CC3)cc1. The Morgan fingerprint density at radius 1 is 1.00 bits per heavy atom. The van der Waals surface area contributed by atoms with Crippen molar-refractivity contribution in [3.63, 3.8) is 0 Å². The third kappa shape index (κ3) is 7.80. The van der Waals surface area contributed by atoms with Crippen LogP contribution in [0.5, 0.6) is 0 Å². The number of rotatable bonds is 8. The van der Waals surface area contributed by atoms with E-state index in [4.69, 9.17) is 10.8 Å². The molecule has 9 heteroatoms. The fourth-order valence-corrected chi connectivity index (χ4v) is 4.27. The number of nitrogens with two attached hydrogens (primary N) is 1. The molecule has 1 amide bonds. The van der Waals surface area contributed by atoms with Crippen LogP contribution in [0.15, 0.2) is 72.0 Å². The van der Waals surface area contributed by atoms with Crippen LogP contribution in [0.3, 0.4) is 0 Å². The number of hydrogen-bond acceptors (Lipinski definition) is 4. The lowest BCUT2D eigenvalue weighted by molar-refractivity contribution is -0.138. The molecular formula is C27H30Cl2N4O3. The number of carboxylic acid groups (broad SMARTS) is 1. The number of pyridine rings is 1. The summed E-state index contributed by atoms with van der Waals surface area (Å²) in [7, 11) is 0. The minimum Gasteiger partial charge on any atom is -0.481 e. The van der Waals surface area contributed by atoms with Gasteiger partial charge in [-0.25, -0.2) is 0 Å². The lowest BCUT2D eigenvalue weighted by Crippen LogP contribution is -2.18. The van der Waals surface area contributed by atoms with E-state index in [-0.39, 0.29) is 43.1 Å². The molecule has 4 rings (SSSR count). The number of carbonyl (C=O) groups is 2. The molecule has 1 atom stereocenters. The number of carbonyl (C=O) groups excluding carboxylic acids is 1. The van der Waals surface area contributed by atoms with Crippen molar-refractivity contribution in [3.05, 3.63) is 94.8 Å². The molecule has 1 aliphatic rings. The molecule has 0 saturated heterocycles. The lowest BCUT2D eigenvalue weighted by atomic mass is 9.82. The number of halogens is 2. The maximum atomic E-state index is 12.7. The van der Waals surface area contributed by atoms with E-state index in [1.165, 1.54) is 5.56 Å². The van der Waals surface area contributed by atoms with E-state index in [0.29, 0.717) is 23.6 Å². The van der Waals surface area contributed by atoms with Gasteiger partial charge in [-0.2, -0.15) is 0 Å². The number of aromatic nitrogens is 1. The molecule has 2 aromatic carbocycles. The summed E-state index contributed by atoms with van der Waals surface area (Å²) in [6, 6.07) is 16.8. The van der Waals surface area contributed by atoms with Crippen molar-refractivity contribution in [1.29, 1.82) is 0 Å². The summed E-state index contributed by atoms with van der Waals surface area (Å²) in [5, 5.41) is 12.0. The second-order valence-corrected chi connectivity index (χ2v) is 8.59. The van der Waals surface area contributed by atoms with Gasteiger partial charge in [0.1, 0.15) is 5.84 Å². The summed E-state index contributed by atoms with van der Waals surface area (Å²) >= 11 is 0. The Hall–Kier alpha value is -3.42. The van der Waals surface area contributed by atoms with E-state index in [2.05, 4.69) is 15.3 Å². The van der Waals surface area contributed by atoms with E-state index in [0.717, 1.165) is 42.4 Å². The topological polar surface area (TPSA) is 118 Å². The van der Waals surface area contributed by atoms with Crippen LogP contribution >= 0.6 is 24.8 Å². The van der Waals surface area contributed by atoms with E-state index >= 15 is 0 Å². The predicted molar refractivity (Wildman–Crippen MR) is 147 cm³/mol. The number of benzene rings is 2. The van der Waals surface area contributed by atoms with Gasteiger partial charge < -0.3 is 16.2 Å². The minimum absolute atomic E-state index is 0. The fourth-order valence-electron chi connectivity index (χ4n) is 4.27. The number of aliphatic imine (C=N–C) groups is 1. The molecule has 0 saturated carbocycles. The van der Waals surface area contributed by atoms with Crippen LogP contribution in [0.2, 0.25) is 0 Å². The van der Waals surface area contributed by atoms with Gasteiger partial charge in [0.05, 0.1) is 0 Å². The standard InChI is InChI=1S/C27H28N4O3.2ClH/c28-26(30-14-11-18-9-12-29-13-10-18)21-3-5-22(6-4-21)27(34)31-24-8-7-20-2-1-19(16-25(32)33)15-23(20)17-24;;/h3-10,12-13,17,19H,1-2,11,14-16H2,(H2,28,30)(H,31,34)(H,32,33);2*1H. The van der Waals surface area contributed by atoms with E-state index in [1.54, 1.807) is 36.7 Å². The lowest BCUT2D eigenvalue weighted by Gasteiger charge is -2.24. The first-order chi connectivity index (χ1) is 16.5. The fraction of sp³-hybridized carbons (Fsp3) is 0.259. The number of nitrogens with one attached hydrogen (secondary N) is 1. The number of hydrogen-bond donors (Lipinski definition) is 3. The van der Waals surface area contributed by atoms with Gasteiger partial charge >= 0.3 is 5.97 Å². The minimum atomic E-state index is -0.763. The van der Waals surface area contributed by atoms with Gasteiger partial charge in [-0.1, -0.05) is 18.2 Å². The first-order valence-electron chi connectivity index (χ1n) is 11.4. The Morgan fingerprint density at radius 3 is 2.39 bits per heavy atom. The highest BCUT2D eigenvalue weighted by atomic mass is 35.5. The number of aliphatic carboxylic acids is 1. The van der Waals surface area contributed by atoms with E-state index < -0.39 is 5.97 Å². The molecule has 0 aliphatic heterocycles. The number of aryl methyl sites for hydroxylation is 1. The van der Waals surface area contributed by atoms with E-state index in [9.17, 15) is 9.59 Å². The maximum Gasteiger partial charge on any atom is 0.303 e. The zero-order valence-corrected chi connectivity index (χ0v) is 21.4. The Balaban J connectivity index is 0.00000228. The average Bonchev–Trinajstić information content (AvgIpc) is 2.84. The van der Waals surface area contributed by atoms with Crippen molar-refractivity contribution in [2.75, 3.05) is 11.9 Å². The highest BCUT2D eigenvalue weighted by Crippen LogP contribution is 2.29. The number of fused-ring (bicyclic) bond motifs is 1. The Kier molecular flexibility index (Phi) is 10.9. The van der Waals surface area contributed by atoms with Crippen molar-refractivity contribution in [2.24, 2.45) is 16.6 Å². The first kappa shape index (κ1) is 28.8. The highest BCUT2D eigenvalue weighted by molar-refractivity contribution is 6.05. The third-order valence-corrected chi connectivity index (χ3v) is 6.13. The Bertz CT molecular complexity index is 1200. The summed E-state index contributed by atoms with van der Waals surface area (Å²) in [6.45, 7) is 0.573. The molecule has 4 N–H and O–H groups in total. The Labute approximate surface area is 223 Å². The molecule has 1 unspecified atom stereocenters. The molecule has 0 spiro atoms. The molecule has 0 radical (unpaired) electrons. The second-order valence-electron chi connectivity index (χ2n) is 8.59. The summed E-state index contributed by atoms with van der Waals surface area (Å²) < 4.78 is 0. The van der Waals surface area contributed by atoms with Crippen molar-refractivity contribution >= 4 is 48.2 Å². The number of amides is 1. The molecule has 36 heavy (non-hydrogen) atoms. The smallest absolute Gasteiger partial charge is 0.303 e. The van der Waals surface area contributed by atoms with Gasteiger partial charge in [0.2, 0.25) is 0 Å². The van der Waals surface area contributed by atoms with Crippen LogP contribution in [0.1, 0.15) is 45.5 Å². The van der Waals surface area contributed by atoms with Gasteiger partial charge in [0.25, 0.3) is 5.91 Å². The monoisotopic (exact) mass is 528 g/mol. The summed E-state index contributed by atoms with van der Waals surface area (Å²) in [5.41, 5.74) is 11.6. The molecule has 0 bridgehead atoms. The average molecular weight is 529 g/mol. The third-order valence-electron chi connectivity index (χ3n) is 6.13. The van der Waals surface area contributed by atoms with Crippen LogP contribution < -0.4 is 11.1 Å². The van der Waals surface area contributed by atoms with Crippen LogP contribution in [0, 0.1) is 5.92 Å². The predicted octanol–water partition coefficient (Wildman–Crippen LogP) is 4.71. The largest absolute Gasteiger partial charge is 0.481 e. The van der Waals surface area contributed by atoms with Gasteiger partial charge in [0, 0.05) is 42.2 Å². The number of nitrogens with zero attached hydrogens (tertiary/aromatic N) is 2. The summed E-state index contributed by atoms with van der Waals surface area (Å²) in [6.07, 6.45) is 6.95. The van der Waals surface area contributed by atoms with Crippen LogP contribution in [0.25, 0.3) is 0 Å². The van der Waals surface area contributed by atoms with Gasteiger partial charge in [-0.05, 0) is 84.7 Å². The van der Waals surface area contributed by atoms with E-state index in [1.807, 2.05) is 30.3 Å². The van der Waals surface area contributed by atoms with Crippen LogP contribution in [0.4, 0.5) is 5.69 Å². The normalized spacial score (nSPS) is 14.6. The van der Waals surface area contributed by atoms with Crippen LogP contribution in [-0.4, -0.2) is 34.3 Å². The van der Waals surface area contributed by atoms with Crippen molar-refractivity contribution in [1.82, 2.24) is 4.98 Å². The first-order valence-corrected chi connectivity index (χ1v) is 11.4. The molecule has 1 heterocycles. The quantitative estimate of drug-likeness (QED) is 0.289. The van der Waals surface area contributed by atoms with Crippen molar-refractivity contribution in [3.8, 4) is 0 Å². The van der Waals surface area contributed by atoms with Gasteiger partial charge in [0.15, 0.2) is 0 Å². The van der Waals surface area contributed by atoms with Crippen LogP contribution in [-0.2, 0) is 24.1 Å². The maximum absolute atomic E-state index is 12.7. The molecule has 3 aromatic rings.